The molecule has 5 rings (SSSR count). The van der Waals surface area contributed by atoms with Gasteiger partial charge in [0.15, 0.2) is 5.82 Å². The van der Waals surface area contributed by atoms with Crippen molar-refractivity contribution in [1.29, 1.82) is 0 Å². The van der Waals surface area contributed by atoms with Gasteiger partial charge in [0.1, 0.15) is 11.6 Å². The first-order chi connectivity index (χ1) is 20.0. The number of ether oxygens (including phenoxy) is 1. The maximum absolute atomic E-state index is 14.0. The Bertz CT molecular complexity index is 1750. The molecular weight excluding hydrogens is 555 g/mol. The maximum Gasteiger partial charge on any atom is 1.00 e. The van der Waals surface area contributed by atoms with Crippen LogP contribution < -0.4 is 67.4 Å². The fourth-order valence-electron chi connectivity index (χ4n) is 4.97. The Kier molecular flexibility index (Phi) is 11.3. The van der Waals surface area contributed by atoms with Crippen LogP contribution in [-0.4, -0.2) is 26.3 Å². The van der Waals surface area contributed by atoms with Gasteiger partial charge in [-0.3, -0.25) is 18.9 Å². The quantitative estimate of drug-likeness (QED) is 0.237. The fraction of sp³-hybridized carbons (Fsp3) is 0.273. The van der Waals surface area contributed by atoms with Crippen LogP contribution in [0.3, 0.4) is 0 Å². The van der Waals surface area contributed by atoms with Crippen molar-refractivity contribution in [3.63, 3.8) is 0 Å². The maximum atomic E-state index is 14.0. The average Bonchev–Trinajstić information content (AvgIpc) is 3.44. The summed E-state index contributed by atoms with van der Waals surface area (Å²) in [5, 5.41) is 3.85. The van der Waals surface area contributed by atoms with Gasteiger partial charge in [-0.05, 0) is 53.6 Å². The molecule has 2 aromatic heterocycles. The third kappa shape index (κ3) is 7.10. The van der Waals surface area contributed by atoms with Crippen molar-refractivity contribution in [2.24, 2.45) is 0 Å². The van der Waals surface area contributed by atoms with Crippen molar-refractivity contribution in [1.82, 2.24) is 19.7 Å². The van der Waals surface area contributed by atoms with E-state index in [4.69, 9.17) is 14.2 Å². The van der Waals surface area contributed by atoms with E-state index in [1.165, 1.54) is 0 Å². The van der Waals surface area contributed by atoms with Crippen LogP contribution in [0.4, 0.5) is 0 Å². The van der Waals surface area contributed by atoms with Crippen LogP contribution in [0, 0.1) is 0 Å². The average molecular weight is 591 g/mol. The van der Waals surface area contributed by atoms with Crippen molar-refractivity contribution in [3.8, 4) is 39.4 Å². The second-order valence-electron chi connectivity index (χ2n) is 9.90. The number of nitrogens with one attached hydrogen (secondary N) is 1. The zero-order valence-electron chi connectivity index (χ0n) is 25.6. The minimum absolute atomic E-state index is 0. The molecule has 0 saturated carbocycles. The molecule has 2 heterocycles. The van der Waals surface area contributed by atoms with Crippen molar-refractivity contribution in [2.45, 2.75) is 53.0 Å². The number of hydrogen-bond acceptors (Lipinski definition) is 6. The van der Waals surface area contributed by atoms with Gasteiger partial charge < -0.3 is 6.16 Å². The topological polar surface area (TPSA) is 103 Å². The molecule has 8 nitrogen and oxygen atoms in total. The summed E-state index contributed by atoms with van der Waals surface area (Å²) < 4.78 is 12.3. The first-order valence-electron chi connectivity index (χ1n) is 14.1. The molecule has 0 unspecified atom stereocenters. The molecule has 42 heavy (non-hydrogen) atoms. The SMILES string of the molecule is CCCOc1ccc(-c2c(CC)nc(CCC)n(Cc3ccc(-c4ccccc4-c4noc(=O)[nH]4)cc3)c2=O)cc1.[H-].[K+]. The van der Waals surface area contributed by atoms with E-state index in [1.807, 2.05) is 84.3 Å². The fourth-order valence-corrected chi connectivity index (χ4v) is 4.97. The van der Waals surface area contributed by atoms with E-state index < -0.39 is 5.76 Å². The van der Waals surface area contributed by atoms with E-state index in [0.29, 0.717) is 37.4 Å². The zero-order valence-corrected chi connectivity index (χ0v) is 27.8. The summed E-state index contributed by atoms with van der Waals surface area (Å²) in [5.74, 6) is 1.37. The van der Waals surface area contributed by atoms with Crippen LogP contribution >= 0.6 is 0 Å². The van der Waals surface area contributed by atoms with Gasteiger partial charge in [0.05, 0.1) is 24.4 Å². The van der Waals surface area contributed by atoms with Crippen LogP contribution in [0.15, 0.2) is 86.9 Å². The number of rotatable bonds is 11. The molecule has 0 atom stereocenters. The predicted molar refractivity (Wildman–Crippen MR) is 161 cm³/mol. The van der Waals surface area contributed by atoms with Gasteiger partial charge in [0.2, 0.25) is 0 Å². The molecule has 0 fully saturated rings. The summed E-state index contributed by atoms with van der Waals surface area (Å²) >= 11 is 0. The molecule has 0 saturated heterocycles. The predicted octanol–water partition coefficient (Wildman–Crippen LogP) is 3.39. The molecule has 0 amide bonds. The molecule has 5 aromatic rings. The van der Waals surface area contributed by atoms with Crippen LogP contribution in [-0.2, 0) is 19.4 Å². The van der Waals surface area contributed by atoms with E-state index in [-0.39, 0.29) is 58.4 Å². The smallest absolute Gasteiger partial charge is 1.00 e. The van der Waals surface area contributed by atoms with Gasteiger partial charge in [0, 0.05) is 12.0 Å². The van der Waals surface area contributed by atoms with Gasteiger partial charge in [0.25, 0.3) is 5.56 Å². The van der Waals surface area contributed by atoms with Crippen molar-refractivity contribution in [3.05, 3.63) is 111 Å². The Balaban J connectivity index is 0.00000253. The van der Waals surface area contributed by atoms with Crippen molar-refractivity contribution in [2.75, 3.05) is 6.61 Å². The van der Waals surface area contributed by atoms with Gasteiger partial charge in [-0.25, -0.2) is 9.78 Å². The van der Waals surface area contributed by atoms with Crippen molar-refractivity contribution >= 4 is 0 Å². The van der Waals surface area contributed by atoms with E-state index >= 15 is 0 Å². The first-order valence-corrected chi connectivity index (χ1v) is 14.1. The summed E-state index contributed by atoms with van der Waals surface area (Å²) in [6.45, 7) is 7.27. The number of aromatic amines is 1. The van der Waals surface area contributed by atoms with Gasteiger partial charge in [-0.2, -0.15) is 0 Å². The molecule has 9 heteroatoms. The Morgan fingerprint density at radius 3 is 2.19 bits per heavy atom. The third-order valence-corrected chi connectivity index (χ3v) is 6.98. The second-order valence-corrected chi connectivity index (χ2v) is 9.90. The van der Waals surface area contributed by atoms with Crippen molar-refractivity contribution < 1.29 is 62.1 Å². The number of H-pyrrole nitrogens is 1. The van der Waals surface area contributed by atoms with Crippen LogP contribution in [0.1, 0.15) is 52.1 Å². The first kappa shape index (κ1) is 31.8. The van der Waals surface area contributed by atoms with E-state index in [9.17, 15) is 9.59 Å². The minimum atomic E-state index is -0.596. The Morgan fingerprint density at radius 1 is 0.881 bits per heavy atom. The van der Waals surface area contributed by atoms with Gasteiger partial charge >= 0.3 is 57.1 Å². The van der Waals surface area contributed by atoms with E-state index in [1.54, 1.807) is 0 Å². The molecule has 0 spiro atoms. The summed E-state index contributed by atoms with van der Waals surface area (Å²) in [7, 11) is 0. The molecule has 0 bridgehead atoms. The number of aromatic nitrogens is 4. The zero-order chi connectivity index (χ0) is 28.8. The minimum Gasteiger partial charge on any atom is -1.00 e. The van der Waals surface area contributed by atoms with Gasteiger partial charge in [-0.1, -0.05) is 86.6 Å². The molecular formula is C33H35KN4O4. The summed E-state index contributed by atoms with van der Waals surface area (Å²) in [6.07, 6.45) is 3.21. The van der Waals surface area contributed by atoms with Crippen LogP contribution in [0.5, 0.6) is 5.75 Å². The molecule has 0 aliphatic rings. The summed E-state index contributed by atoms with van der Waals surface area (Å²) in [6, 6.07) is 23.5. The van der Waals surface area contributed by atoms with Gasteiger partial charge in [-0.15, -0.1) is 0 Å². The number of hydrogen-bond donors (Lipinski definition) is 1. The Hall–Kier alpha value is -3.08. The second kappa shape index (κ2) is 14.9. The largest absolute Gasteiger partial charge is 1.00 e. The molecule has 1 N–H and O–H groups in total. The number of benzene rings is 3. The standard InChI is InChI=1S/C33H34N4O4.K.H/c1-4-9-29-34-28(6-3)30(24-16-18-25(19-17-24)40-20-5-2)32(38)37(29)21-22-12-14-23(15-13-22)26-10-7-8-11-27(26)31-35-33(39)41-36-31;;/h7-8,10-19H,4-6,9,20-21H2,1-3H3,(H,35,36,39);;/q;+1;-1. The Labute approximate surface area is 289 Å². The molecule has 3 aromatic carbocycles. The number of aryl methyl sites for hydroxylation is 2. The molecule has 0 aliphatic carbocycles. The van der Waals surface area contributed by atoms with Crippen LogP contribution in [0.2, 0.25) is 0 Å². The summed E-state index contributed by atoms with van der Waals surface area (Å²) in [5.41, 5.74) is 5.89. The monoisotopic (exact) mass is 590 g/mol. The summed E-state index contributed by atoms with van der Waals surface area (Å²) in [4.78, 5) is 33.2. The third-order valence-electron chi connectivity index (χ3n) is 6.98. The van der Waals surface area contributed by atoms with E-state index in [0.717, 1.165) is 57.9 Å². The molecule has 212 valence electrons. The number of nitrogens with zero attached hydrogens (tertiary/aromatic N) is 3. The Morgan fingerprint density at radius 2 is 1.57 bits per heavy atom. The van der Waals surface area contributed by atoms with E-state index in [2.05, 4.69) is 24.0 Å². The normalized spacial score (nSPS) is 10.8. The van der Waals surface area contributed by atoms with Crippen LogP contribution in [0.25, 0.3) is 33.6 Å². The molecule has 0 radical (unpaired) electrons. The molecule has 0 aliphatic heterocycles.